The molecule has 3 aromatic heterocycles. The molecule has 3 unspecified atom stereocenters. The first-order chi connectivity index (χ1) is 23.5. The van der Waals surface area contributed by atoms with Crippen LogP contribution in [0.25, 0.3) is 23.1 Å². The SMILES string of the molecule is Cc1nc(-c2coc(-c3nc4oc3[C@@]35c6ccccc6NC3Oc3ccc(cc35)CC(NC(=O)[C@@H](O)C(C)C)C(=O)NC4C(C)C)n2)no1. The van der Waals surface area contributed by atoms with Gasteiger partial charge in [0.1, 0.15) is 35.6 Å². The molecule has 0 saturated heterocycles. The molecule has 252 valence electrons. The number of nitrogens with zero attached hydrogens (tertiary/aromatic N) is 4. The van der Waals surface area contributed by atoms with Gasteiger partial charge in [-0.2, -0.15) is 4.98 Å². The highest BCUT2D eigenvalue weighted by molar-refractivity contribution is 5.90. The van der Waals surface area contributed by atoms with E-state index in [1.165, 1.54) is 6.26 Å². The Morgan fingerprint density at radius 1 is 1.06 bits per heavy atom. The summed E-state index contributed by atoms with van der Waals surface area (Å²) in [6.45, 7) is 9.03. The minimum atomic E-state index is -1.28. The third-order valence-corrected chi connectivity index (χ3v) is 9.41. The van der Waals surface area contributed by atoms with Crippen LogP contribution in [0.1, 0.15) is 68.0 Å². The van der Waals surface area contributed by atoms with Gasteiger partial charge in [0.2, 0.25) is 35.3 Å². The van der Waals surface area contributed by atoms with E-state index in [1.807, 2.05) is 56.3 Å². The Morgan fingerprint density at radius 3 is 2.63 bits per heavy atom. The third-order valence-electron chi connectivity index (χ3n) is 9.41. The number of carbonyl (C=O) groups is 2. The van der Waals surface area contributed by atoms with Gasteiger partial charge in [-0.1, -0.05) is 63.2 Å². The van der Waals surface area contributed by atoms with Crippen LogP contribution < -0.4 is 20.7 Å². The lowest BCUT2D eigenvalue weighted by molar-refractivity contribution is -0.135. The Kier molecular flexibility index (Phi) is 7.10. The number of aliphatic hydroxyl groups is 1. The molecule has 3 aliphatic heterocycles. The van der Waals surface area contributed by atoms with Crippen LogP contribution in [0.5, 0.6) is 5.75 Å². The second-order valence-corrected chi connectivity index (χ2v) is 13.4. The van der Waals surface area contributed by atoms with Crippen molar-refractivity contribution in [3.63, 3.8) is 0 Å². The topological polar surface area (TPSA) is 191 Å². The highest BCUT2D eigenvalue weighted by Gasteiger charge is 2.61. The molecule has 5 atom stereocenters. The van der Waals surface area contributed by atoms with Crippen LogP contribution in [-0.2, 0) is 21.4 Å². The number of nitrogens with one attached hydrogen (secondary N) is 3. The molecule has 5 aromatic rings. The number of hydrogen-bond donors (Lipinski definition) is 4. The quantitative estimate of drug-likeness (QED) is 0.204. The molecule has 1 spiro atoms. The van der Waals surface area contributed by atoms with Crippen LogP contribution in [0, 0.1) is 18.8 Å². The summed E-state index contributed by atoms with van der Waals surface area (Å²) in [4.78, 5) is 41.1. The molecule has 0 aliphatic carbocycles. The van der Waals surface area contributed by atoms with Crippen molar-refractivity contribution in [1.29, 1.82) is 0 Å². The summed E-state index contributed by atoms with van der Waals surface area (Å²) in [5.74, 6) is 0.436. The summed E-state index contributed by atoms with van der Waals surface area (Å²) in [7, 11) is 0. The Labute approximate surface area is 280 Å². The van der Waals surface area contributed by atoms with Gasteiger partial charge in [0.15, 0.2) is 23.4 Å². The standard InChI is InChI=1S/C35H35N7O7/c1-15(2)25-33-41-26(32-38-23(14-46-32)29-36-17(5)49-42-29)28(48-33)35-19-8-6-7-9-21(19)39-34(35)47-24-11-10-18(12-20(24)35)13-22(30(44)40-25)37-31(45)27(43)16(3)4/h6-12,14-16,22,25,27,34,39,43H,13H2,1-5H3,(H,37,45)(H,40,44)/t22?,25?,27-,34?,35-/m0/s1. The Morgan fingerprint density at radius 2 is 1.88 bits per heavy atom. The molecule has 49 heavy (non-hydrogen) atoms. The van der Waals surface area contributed by atoms with Crippen molar-refractivity contribution in [3.05, 3.63) is 83.0 Å². The van der Waals surface area contributed by atoms with Gasteiger partial charge in [-0.25, -0.2) is 9.97 Å². The molecule has 4 bridgehead atoms. The van der Waals surface area contributed by atoms with Gasteiger partial charge in [-0.15, -0.1) is 0 Å². The van der Waals surface area contributed by atoms with Crippen LogP contribution in [-0.4, -0.2) is 55.4 Å². The predicted molar refractivity (Wildman–Crippen MR) is 173 cm³/mol. The van der Waals surface area contributed by atoms with Crippen molar-refractivity contribution < 1.29 is 32.8 Å². The molecule has 2 aromatic carbocycles. The number of para-hydroxylation sites is 1. The summed E-state index contributed by atoms with van der Waals surface area (Å²) in [6.07, 6.45) is -0.328. The first-order valence-electron chi connectivity index (χ1n) is 16.3. The number of aliphatic hydroxyl groups excluding tert-OH is 1. The molecule has 3 aliphatic rings. The second-order valence-electron chi connectivity index (χ2n) is 13.4. The van der Waals surface area contributed by atoms with Crippen LogP contribution in [0.2, 0.25) is 0 Å². The van der Waals surface area contributed by atoms with Gasteiger partial charge in [-0.05, 0) is 35.1 Å². The minimum absolute atomic E-state index is 0.154. The maximum Gasteiger partial charge on any atom is 0.249 e. The number of aromatic nitrogens is 4. The molecule has 4 N–H and O–H groups in total. The minimum Gasteiger partial charge on any atom is -0.469 e. The van der Waals surface area contributed by atoms with Crippen molar-refractivity contribution in [2.45, 2.75) is 70.9 Å². The lowest BCUT2D eigenvalue weighted by Gasteiger charge is -2.29. The van der Waals surface area contributed by atoms with E-state index < -0.39 is 41.6 Å². The van der Waals surface area contributed by atoms with Crippen LogP contribution in [0.3, 0.4) is 0 Å². The van der Waals surface area contributed by atoms with E-state index in [-0.39, 0.29) is 35.9 Å². The molecule has 6 heterocycles. The van der Waals surface area contributed by atoms with E-state index in [0.29, 0.717) is 28.8 Å². The zero-order chi connectivity index (χ0) is 34.2. The number of oxazole rings is 2. The molecule has 8 rings (SSSR count). The Balaban J connectivity index is 1.36. The lowest BCUT2D eigenvalue weighted by Crippen LogP contribution is -2.52. The van der Waals surface area contributed by atoms with Crippen LogP contribution in [0.4, 0.5) is 5.69 Å². The van der Waals surface area contributed by atoms with E-state index in [4.69, 9.17) is 28.1 Å². The fourth-order valence-electron chi connectivity index (χ4n) is 6.90. The molecule has 0 saturated carbocycles. The first kappa shape index (κ1) is 30.8. The number of amides is 2. The molecule has 2 amide bonds. The van der Waals surface area contributed by atoms with E-state index in [0.717, 1.165) is 22.4 Å². The highest BCUT2D eigenvalue weighted by atomic mass is 16.5. The first-order valence-corrected chi connectivity index (χ1v) is 16.3. The van der Waals surface area contributed by atoms with Crippen LogP contribution in [0.15, 0.2) is 62.1 Å². The third kappa shape index (κ3) is 4.80. The number of anilines is 1. The van der Waals surface area contributed by atoms with E-state index in [1.54, 1.807) is 20.8 Å². The molecular formula is C35H35N7O7. The van der Waals surface area contributed by atoms with Crippen molar-refractivity contribution in [1.82, 2.24) is 30.7 Å². The molecule has 0 radical (unpaired) electrons. The summed E-state index contributed by atoms with van der Waals surface area (Å²) in [6, 6.07) is 11.9. The van der Waals surface area contributed by atoms with Crippen molar-refractivity contribution in [3.8, 4) is 28.9 Å². The van der Waals surface area contributed by atoms with E-state index in [9.17, 15) is 14.7 Å². The maximum absolute atomic E-state index is 14.0. The van der Waals surface area contributed by atoms with Crippen molar-refractivity contribution in [2.75, 3.05) is 5.32 Å². The van der Waals surface area contributed by atoms with Gasteiger partial charge < -0.3 is 39.2 Å². The molecule has 14 heteroatoms. The molecule has 14 nitrogen and oxygen atoms in total. The lowest BCUT2D eigenvalue weighted by atomic mass is 9.72. The van der Waals surface area contributed by atoms with Crippen molar-refractivity contribution >= 4 is 17.5 Å². The van der Waals surface area contributed by atoms with Gasteiger partial charge in [0.25, 0.3) is 0 Å². The van der Waals surface area contributed by atoms with Gasteiger partial charge in [-0.3, -0.25) is 9.59 Å². The highest BCUT2D eigenvalue weighted by Crippen LogP contribution is 2.59. The number of hydrogen-bond acceptors (Lipinski definition) is 12. The van der Waals surface area contributed by atoms with Crippen molar-refractivity contribution in [2.24, 2.45) is 11.8 Å². The smallest absolute Gasteiger partial charge is 0.249 e. The largest absolute Gasteiger partial charge is 0.469 e. The number of ether oxygens (including phenoxy) is 1. The Bertz CT molecular complexity index is 2100. The number of carbonyl (C=O) groups excluding carboxylic acids is 2. The fraction of sp³-hybridized carbons (Fsp3) is 0.371. The van der Waals surface area contributed by atoms with Gasteiger partial charge in [0, 0.05) is 24.6 Å². The van der Waals surface area contributed by atoms with E-state index in [2.05, 4.69) is 26.1 Å². The number of aryl methyl sites for hydroxylation is 1. The van der Waals surface area contributed by atoms with Gasteiger partial charge in [0.05, 0.1) is 0 Å². The summed E-state index contributed by atoms with van der Waals surface area (Å²) < 4.78 is 24.6. The second kappa shape index (κ2) is 11.3. The zero-order valence-corrected chi connectivity index (χ0v) is 27.5. The maximum atomic E-state index is 14.0. The Hall–Kier alpha value is -5.50. The van der Waals surface area contributed by atoms with Gasteiger partial charge >= 0.3 is 0 Å². The number of rotatable bonds is 6. The summed E-state index contributed by atoms with van der Waals surface area (Å²) in [5, 5.41) is 23.9. The zero-order valence-electron chi connectivity index (χ0n) is 27.5. The normalized spacial score (nSPS) is 22.8. The summed E-state index contributed by atoms with van der Waals surface area (Å²) in [5.41, 5.74) is 2.91. The average molecular weight is 666 g/mol. The van der Waals surface area contributed by atoms with E-state index >= 15 is 0 Å². The number of fused-ring (bicyclic) bond motifs is 4. The van der Waals surface area contributed by atoms with Crippen LogP contribution >= 0.6 is 0 Å². The average Bonchev–Trinajstić information content (AvgIpc) is 3.89. The predicted octanol–water partition coefficient (Wildman–Crippen LogP) is 4.04. The molecular weight excluding hydrogens is 630 g/mol. The monoisotopic (exact) mass is 665 g/mol. The number of benzene rings is 2. The fourth-order valence-corrected chi connectivity index (χ4v) is 6.90. The summed E-state index contributed by atoms with van der Waals surface area (Å²) >= 11 is 0. The molecule has 0 fully saturated rings.